The SMILES string of the molecule is O=C(N[C@@H]1CCCc2c1[nH]c1ccccc21)C1CC1. The number of aryl methyl sites for hydroxylation is 1. The summed E-state index contributed by atoms with van der Waals surface area (Å²) in [6, 6.07) is 8.62. The van der Waals surface area contributed by atoms with E-state index in [0.717, 1.165) is 32.1 Å². The van der Waals surface area contributed by atoms with Crippen molar-refractivity contribution in [3.05, 3.63) is 35.5 Å². The van der Waals surface area contributed by atoms with Gasteiger partial charge in [0.25, 0.3) is 0 Å². The van der Waals surface area contributed by atoms with E-state index in [1.54, 1.807) is 0 Å². The van der Waals surface area contributed by atoms with Gasteiger partial charge in [-0.05, 0) is 43.7 Å². The minimum absolute atomic E-state index is 0.184. The van der Waals surface area contributed by atoms with Crippen LogP contribution in [0.4, 0.5) is 0 Å². The van der Waals surface area contributed by atoms with Crippen LogP contribution in [0.25, 0.3) is 10.9 Å². The normalized spacial score (nSPS) is 22.2. The van der Waals surface area contributed by atoms with Gasteiger partial charge in [-0.15, -0.1) is 0 Å². The van der Waals surface area contributed by atoms with Crippen LogP contribution in [0, 0.1) is 5.92 Å². The Morgan fingerprint density at radius 2 is 2.05 bits per heavy atom. The molecule has 2 aromatic rings. The Morgan fingerprint density at radius 1 is 1.21 bits per heavy atom. The first-order valence-corrected chi connectivity index (χ1v) is 7.23. The van der Waals surface area contributed by atoms with Crippen LogP contribution >= 0.6 is 0 Å². The number of para-hydroxylation sites is 1. The quantitative estimate of drug-likeness (QED) is 0.850. The van der Waals surface area contributed by atoms with Crippen molar-refractivity contribution in [3.8, 4) is 0 Å². The standard InChI is InChI=1S/C16H18N2O/c19-16(10-8-9-10)18-14-7-3-5-12-11-4-1-2-6-13(11)17-15(12)14/h1-2,4,6,10,14,17H,3,5,7-9H2,(H,18,19)/t14-/m1/s1. The molecule has 98 valence electrons. The summed E-state index contributed by atoms with van der Waals surface area (Å²) in [7, 11) is 0. The lowest BCUT2D eigenvalue weighted by molar-refractivity contribution is -0.123. The summed E-state index contributed by atoms with van der Waals surface area (Å²) in [4.78, 5) is 15.5. The number of nitrogens with one attached hydrogen (secondary N) is 2. The number of fused-ring (bicyclic) bond motifs is 3. The highest BCUT2D eigenvalue weighted by molar-refractivity contribution is 5.86. The summed E-state index contributed by atoms with van der Waals surface area (Å²) < 4.78 is 0. The Hall–Kier alpha value is -1.77. The number of amides is 1. The number of carbonyl (C=O) groups is 1. The molecule has 1 aromatic carbocycles. The van der Waals surface area contributed by atoms with E-state index in [9.17, 15) is 4.79 Å². The smallest absolute Gasteiger partial charge is 0.223 e. The van der Waals surface area contributed by atoms with E-state index < -0.39 is 0 Å². The number of H-pyrrole nitrogens is 1. The highest BCUT2D eigenvalue weighted by atomic mass is 16.2. The van der Waals surface area contributed by atoms with E-state index in [0.29, 0.717) is 0 Å². The van der Waals surface area contributed by atoms with Crippen LogP contribution in [0.5, 0.6) is 0 Å². The van der Waals surface area contributed by atoms with Crippen LogP contribution in [-0.2, 0) is 11.2 Å². The van der Waals surface area contributed by atoms with Crippen molar-refractivity contribution in [2.24, 2.45) is 5.92 Å². The zero-order valence-electron chi connectivity index (χ0n) is 10.9. The molecule has 1 heterocycles. The van der Waals surface area contributed by atoms with Gasteiger partial charge in [0.15, 0.2) is 0 Å². The first kappa shape index (κ1) is 11.1. The Balaban J connectivity index is 1.71. The van der Waals surface area contributed by atoms with E-state index in [-0.39, 0.29) is 17.9 Å². The van der Waals surface area contributed by atoms with Crippen molar-refractivity contribution < 1.29 is 4.79 Å². The predicted octanol–water partition coefficient (Wildman–Crippen LogP) is 3.07. The number of rotatable bonds is 2. The maximum Gasteiger partial charge on any atom is 0.223 e. The summed E-state index contributed by atoms with van der Waals surface area (Å²) in [5.41, 5.74) is 3.84. The zero-order chi connectivity index (χ0) is 12.8. The molecule has 19 heavy (non-hydrogen) atoms. The molecule has 1 atom stereocenters. The van der Waals surface area contributed by atoms with Crippen LogP contribution < -0.4 is 5.32 Å². The highest BCUT2D eigenvalue weighted by Gasteiger charge is 2.33. The Kier molecular flexibility index (Phi) is 2.40. The van der Waals surface area contributed by atoms with Gasteiger partial charge in [0.1, 0.15) is 0 Å². The van der Waals surface area contributed by atoms with E-state index in [4.69, 9.17) is 0 Å². The minimum atomic E-state index is 0.184. The lowest BCUT2D eigenvalue weighted by Gasteiger charge is -2.23. The Morgan fingerprint density at radius 3 is 2.89 bits per heavy atom. The number of benzene rings is 1. The number of hydrogen-bond acceptors (Lipinski definition) is 1. The fourth-order valence-corrected chi connectivity index (χ4v) is 3.19. The van der Waals surface area contributed by atoms with Crippen LogP contribution in [-0.4, -0.2) is 10.9 Å². The molecule has 4 rings (SSSR count). The molecule has 1 aromatic heterocycles. The molecule has 1 fully saturated rings. The van der Waals surface area contributed by atoms with E-state index >= 15 is 0 Å². The topological polar surface area (TPSA) is 44.9 Å². The van der Waals surface area contributed by atoms with Gasteiger partial charge in [0.2, 0.25) is 5.91 Å². The van der Waals surface area contributed by atoms with E-state index in [1.165, 1.54) is 22.2 Å². The van der Waals surface area contributed by atoms with Gasteiger partial charge in [-0.1, -0.05) is 18.2 Å². The molecule has 0 spiro atoms. The maximum atomic E-state index is 12.0. The second-order valence-corrected chi connectivity index (χ2v) is 5.79. The van der Waals surface area contributed by atoms with E-state index in [1.807, 2.05) is 0 Å². The first-order chi connectivity index (χ1) is 9.33. The summed E-state index contributed by atoms with van der Waals surface area (Å²) >= 11 is 0. The fourth-order valence-electron chi connectivity index (χ4n) is 3.19. The number of hydrogen-bond donors (Lipinski definition) is 2. The molecular formula is C16H18N2O. The zero-order valence-corrected chi connectivity index (χ0v) is 10.9. The van der Waals surface area contributed by atoms with Crippen molar-refractivity contribution in [2.45, 2.75) is 38.1 Å². The van der Waals surface area contributed by atoms with Crippen molar-refractivity contribution in [1.82, 2.24) is 10.3 Å². The van der Waals surface area contributed by atoms with Crippen molar-refractivity contribution in [3.63, 3.8) is 0 Å². The largest absolute Gasteiger partial charge is 0.356 e. The van der Waals surface area contributed by atoms with Crippen LogP contribution in [0.3, 0.4) is 0 Å². The average molecular weight is 254 g/mol. The maximum absolute atomic E-state index is 12.0. The van der Waals surface area contributed by atoms with Gasteiger partial charge in [-0.3, -0.25) is 4.79 Å². The third kappa shape index (κ3) is 1.84. The summed E-state index contributed by atoms with van der Waals surface area (Å²) in [6.07, 6.45) is 5.47. The molecular weight excluding hydrogens is 236 g/mol. The third-order valence-electron chi connectivity index (χ3n) is 4.38. The van der Waals surface area contributed by atoms with Gasteiger partial charge in [-0.2, -0.15) is 0 Å². The van der Waals surface area contributed by atoms with Gasteiger partial charge in [0, 0.05) is 22.5 Å². The molecule has 0 saturated heterocycles. The van der Waals surface area contributed by atoms with Crippen LogP contribution in [0.1, 0.15) is 43.0 Å². The summed E-state index contributed by atoms with van der Waals surface area (Å²) in [5.74, 6) is 0.534. The average Bonchev–Trinajstić information content (AvgIpc) is 3.21. The van der Waals surface area contributed by atoms with Gasteiger partial charge in [-0.25, -0.2) is 0 Å². The minimum Gasteiger partial charge on any atom is -0.356 e. The lowest BCUT2D eigenvalue weighted by Crippen LogP contribution is -2.32. The van der Waals surface area contributed by atoms with Crippen molar-refractivity contribution in [1.29, 1.82) is 0 Å². The molecule has 1 amide bonds. The number of carbonyl (C=O) groups excluding carboxylic acids is 1. The molecule has 2 aliphatic rings. The number of aromatic amines is 1. The third-order valence-corrected chi connectivity index (χ3v) is 4.38. The van der Waals surface area contributed by atoms with Gasteiger partial charge < -0.3 is 10.3 Å². The monoisotopic (exact) mass is 254 g/mol. The molecule has 2 aliphatic carbocycles. The first-order valence-electron chi connectivity index (χ1n) is 7.23. The highest BCUT2D eigenvalue weighted by Crippen LogP contribution is 2.36. The number of aromatic nitrogens is 1. The predicted molar refractivity (Wildman–Crippen MR) is 74.8 cm³/mol. The summed E-state index contributed by atoms with van der Waals surface area (Å²) in [6.45, 7) is 0. The molecule has 0 aliphatic heterocycles. The lowest BCUT2D eigenvalue weighted by atomic mass is 9.91. The van der Waals surface area contributed by atoms with Crippen molar-refractivity contribution in [2.75, 3.05) is 0 Å². The van der Waals surface area contributed by atoms with Gasteiger partial charge >= 0.3 is 0 Å². The van der Waals surface area contributed by atoms with Crippen LogP contribution in [0.15, 0.2) is 24.3 Å². The van der Waals surface area contributed by atoms with Gasteiger partial charge in [0.05, 0.1) is 6.04 Å². The molecule has 0 bridgehead atoms. The second kappa shape index (κ2) is 4.12. The molecule has 3 nitrogen and oxygen atoms in total. The second-order valence-electron chi connectivity index (χ2n) is 5.79. The molecule has 2 N–H and O–H groups in total. The van der Waals surface area contributed by atoms with E-state index in [2.05, 4.69) is 34.6 Å². The van der Waals surface area contributed by atoms with Crippen LogP contribution in [0.2, 0.25) is 0 Å². The molecule has 1 saturated carbocycles. The molecule has 0 radical (unpaired) electrons. The molecule has 0 unspecified atom stereocenters. The fraction of sp³-hybridized carbons (Fsp3) is 0.438. The summed E-state index contributed by atoms with van der Waals surface area (Å²) in [5, 5.41) is 4.55. The Labute approximate surface area is 112 Å². The Bertz CT molecular complexity index is 639. The van der Waals surface area contributed by atoms with Crippen molar-refractivity contribution >= 4 is 16.8 Å². The molecule has 3 heteroatoms.